The second kappa shape index (κ2) is 7.80. The van der Waals surface area contributed by atoms with Gasteiger partial charge in [-0.15, -0.1) is 11.8 Å². The van der Waals surface area contributed by atoms with Crippen molar-refractivity contribution in [3.05, 3.63) is 45.4 Å². The molecule has 2 heterocycles. The highest BCUT2D eigenvalue weighted by molar-refractivity contribution is 8.03. The van der Waals surface area contributed by atoms with Crippen molar-refractivity contribution >= 4 is 29.2 Å². The maximum atomic E-state index is 12.2. The third-order valence-electron chi connectivity index (χ3n) is 4.64. The Balaban J connectivity index is 1.51. The number of nitrogens with one attached hydrogen (secondary N) is 1. The Hall–Kier alpha value is -2.22. The standard InChI is InChI=1S/C19H25N3O4S/c1-19(2,3)26-18(23)21-10-8-14(9-11-21)17-20-16(12-27-17)13-4-6-15(7-5-13)22(24)25/h4-7,12,14,17,20H,8-11H2,1-3H3. The van der Waals surface area contributed by atoms with Gasteiger partial charge in [0.15, 0.2) is 0 Å². The fraction of sp³-hybridized carbons (Fsp3) is 0.526. The summed E-state index contributed by atoms with van der Waals surface area (Å²) in [6.07, 6.45) is 1.61. The number of nitro benzene ring substituents is 1. The fourth-order valence-electron chi connectivity index (χ4n) is 3.22. The second-order valence-electron chi connectivity index (χ2n) is 7.84. The summed E-state index contributed by atoms with van der Waals surface area (Å²) in [5, 5.41) is 16.6. The number of carbonyl (C=O) groups excluding carboxylic acids is 1. The number of benzene rings is 1. The van der Waals surface area contributed by atoms with E-state index in [9.17, 15) is 14.9 Å². The molecule has 0 aromatic heterocycles. The number of non-ortho nitro benzene ring substituents is 1. The average molecular weight is 391 g/mol. The van der Waals surface area contributed by atoms with Crippen molar-refractivity contribution in [3.63, 3.8) is 0 Å². The van der Waals surface area contributed by atoms with Gasteiger partial charge in [-0.05, 0) is 62.6 Å². The smallest absolute Gasteiger partial charge is 0.410 e. The van der Waals surface area contributed by atoms with Crippen LogP contribution in [0, 0.1) is 16.0 Å². The number of thioether (sulfide) groups is 1. The highest BCUT2D eigenvalue weighted by Crippen LogP contribution is 2.36. The summed E-state index contributed by atoms with van der Waals surface area (Å²) >= 11 is 1.74. The lowest BCUT2D eigenvalue weighted by molar-refractivity contribution is -0.384. The number of ether oxygens (including phenoxy) is 1. The van der Waals surface area contributed by atoms with Crippen LogP contribution in [0.3, 0.4) is 0 Å². The molecule has 1 unspecified atom stereocenters. The Morgan fingerprint density at radius 2 is 1.89 bits per heavy atom. The van der Waals surface area contributed by atoms with Crippen molar-refractivity contribution in [1.82, 2.24) is 10.2 Å². The molecule has 1 aromatic carbocycles. The molecular weight excluding hydrogens is 366 g/mol. The van der Waals surface area contributed by atoms with Gasteiger partial charge in [0.2, 0.25) is 0 Å². The van der Waals surface area contributed by atoms with Crippen molar-refractivity contribution in [1.29, 1.82) is 0 Å². The van der Waals surface area contributed by atoms with E-state index >= 15 is 0 Å². The molecule has 1 aromatic rings. The van der Waals surface area contributed by atoms with Gasteiger partial charge >= 0.3 is 6.09 Å². The minimum Gasteiger partial charge on any atom is -0.444 e. The van der Waals surface area contributed by atoms with Crippen LogP contribution in [0.25, 0.3) is 5.70 Å². The van der Waals surface area contributed by atoms with Crippen molar-refractivity contribution in [2.45, 2.75) is 44.6 Å². The van der Waals surface area contributed by atoms with Gasteiger partial charge in [0.1, 0.15) is 5.60 Å². The predicted octanol–water partition coefficient (Wildman–Crippen LogP) is 4.20. The molecular formula is C19H25N3O4S. The van der Waals surface area contributed by atoms with Gasteiger partial charge in [-0.2, -0.15) is 0 Å². The average Bonchev–Trinajstić information content (AvgIpc) is 3.10. The lowest BCUT2D eigenvalue weighted by atomic mass is 9.96. The van der Waals surface area contributed by atoms with Crippen LogP contribution in [0.15, 0.2) is 29.7 Å². The molecule has 1 saturated heterocycles. The highest BCUT2D eigenvalue weighted by Gasteiger charge is 2.32. The highest BCUT2D eigenvalue weighted by atomic mass is 32.2. The first-order valence-electron chi connectivity index (χ1n) is 9.08. The van der Waals surface area contributed by atoms with Crippen LogP contribution in [0.2, 0.25) is 0 Å². The van der Waals surface area contributed by atoms with Gasteiger partial charge in [0.05, 0.1) is 10.3 Å². The van der Waals surface area contributed by atoms with Crippen LogP contribution in [0.1, 0.15) is 39.2 Å². The Labute approximate surface area is 163 Å². The topological polar surface area (TPSA) is 84.7 Å². The third kappa shape index (κ3) is 4.94. The van der Waals surface area contributed by atoms with Crippen molar-refractivity contribution in [2.75, 3.05) is 13.1 Å². The minimum absolute atomic E-state index is 0.0936. The summed E-state index contributed by atoms with van der Waals surface area (Å²) in [5.74, 6) is 0.459. The number of hydrogen-bond acceptors (Lipinski definition) is 6. The van der Waals surface area contributed by atoms with Crippen LogP contribution >= 0.6 is 11.8 Å². The third-order valence-corrected chi connectivity index (χ3v) is 5.81. The van der Waals surface area contributed by atoms with E-state index < -0.39 is 10.5 Å². The van der Waals surface area contributed by atoms with Gasteiger partial charge in [0, 0.05) is 30.9 Å². The Kier molecular flexibility index (Phi) is 5.64. The molecule has 1 atom stereocenters. The quantitative estimate of drug-likeness (QED) is 0.614. The van der Waals surface area contributed by atoms with E-state index in [2.05, 4.69) is 10.7 Å². The van der Waals surface area contributed by atoms with Crippen molar-refractivity contribution in [2.24, 2.45) is 5.92 Å². The molecule has 1 amide bonds. The normalized spacial score (nSPS) is 20.8. The zero-order valence-corrected chi connectivity index (χ0v) is 16.6. The SMILES string of the molecule is CC(C)(C)OC(=O)N1CCC(C2NC(c3ccc([N+](=O)[O-])cc3)=CS2)CC1. The lowest BCUT2D eigenvalue weighted by Crippen LogP contribution is -2.44. The Morgan fingerprint density at radius 1 is 1.26 bits per heavy atom. The number of nitro groups is 1. The molecule has 2 aliphatic rings. The molecule has 3 rings (SSSR count). The number of hydrogen-bond donors (Lipinski definition) is 1. The van der Waals surface area contributed by atoms with Crippen LogP contribution < -0.4 is 5.32 Å². The number of nitrogens with zero attached hydrogens (tertiary/aromatic N) is 2. The first kappa shape index (κ1) is 19.5. The molecule has 1 fully saturated rings. The Morgan fingerprint density at radius 3 is 2.44 bits per heavy atom. The summed E-state index contributed by atoms with van der Waals surface area (Å²) in [6.45, 7) is 7.03. The maximum Gasteiger partial charge on any atom is 0.410 e. The molecule has 27 heavy (non-hydrogen) atoms. The van der Waals surface area contributed by atoms with Gasteiger partial charge in [-0.3, -0.25) is 10.1 Å². The number of likely N-dealkylation sites (tertiary alicyclic amines) is 1. The first-order valence-corrected chi connectivity index (χ1v) is 10.0. The van der Waals surface area contributed by atoms with Crippen LogP contribution in [-0.4, -0.2) is 40.0 Å². The first-order chi connectivity index (χ1) is 12.7. The molecule has 0 bridgehead atoms. The van der Waals surface area contributed by atoms with Gasteiger partial charge < -0.3 is 15.0 Å². The molecule has 0 saturated carbocycles. The monoisotopic (exact) mass is 391 g/mol. The summed E-state index contributed by atoms with van der Waals surface area (Å²) in [7, 11) is 0. The van der Waals surface area contributed by atoms with Crippen LogP contribution in [-0.2, 0) is 4.74 Å². The molecule has 8 heteroatoms. The van der Waals surface area contributed by atoms with E-state index in [1.165, 1.54) is 12.1 Å². The van der Waals surface area contributed by atoms with E-state index in [0.29, 0.717) is 19.0 Å². The maximum absolute atomic E-state index is 12.2. The number of carbonyl (C=O) groups is 1. The molecule has 146 valence electrons. The lowest BCUT2D eigenvalue weighted by Gasteiger charge is -2.35. The summed E-state index contributed by atoms with van der Waals surface area (Å²) in [4.78, 5) is 24.3. The zero-order chi connectivity index (χ0) is 19.6. The Bertz CT molecular complexity index is 734. The summed E-state index contributed by atoms with van der Waals surface area (Å²) < 4.78 is 5.45. The molecule has 0 aliphatic carbocycles. The van der Waals surface area contributed by atoms with Gasteiger partial charge in [-0.25, -0.2) is 4.79 Å². The number of rotatable bonds is 3. The van der Waals surface area contributed by atoms with Crippen LogP contribution in [0.5, 0.6) is 0 Å². The summed E-state index contributed by atoms with van der Waals surface area (Å²) in [5.41, 5.74) is 1.56. The van der Waals surface area contributed by atoms with E-state index in [1.54, 1.807) is 28.8 Å². The largest absolute Gasteiger partial charge is 0.444 e. The predicted molar refractivity (Wildman–Crippen MR) is 106 cm³/mol. The van der Waals surface area contributed by atoms with Crippen molar-refractivity contribution < 1.29 is 14.5 Å². The molecule has 0 spiro atoms. The molecule has 2 aliphatic heterocycles. The summed E-state index contributed by atoms with van der Waals surface area (Å²) in [6, 6.07) is 6.58. The van der Waals surface area contributed by atoms with Gasteiger partial charge in [-0.1, -0.05) is 0 Å². The minimum atomic E-state index is -0.472. The van der Waals surface area contributed by atoms with E-state index in [-0.39, 0.29) is 17.2 Å². The number of amides is 1. The van der Waals surface area contributed by atoms with E-state index in [1.807, 2.05) is 20.8 Å². The molecule has 1 N–H and O–H groups in total. The molecule has 0 radical (unpaired) electrons. The van der Waals surface area contributed by atoms with Gasteiger partial charge in [0.25, 0.3) is 5.69 Å². The zero-order valence-electron chi connectivity index (χ0n) is 15.8. The van der Waals surface area contributed by atoms with Crippen LogP contribution in [0.4, 0.5) is 10.5 Å². The van der Waals surface area contributed by atoms with E-state index in [0.717, 1.165) is 24.1 Å². The second-order valence-corrected chi connectivity index (χ2v) is 8.86. The molecule has 7 nitrogen and oxygen atoms in total. The number of piperidine rings is 1. The van der Waals surface area contributed by atoms with E-state index in [4.69, 9.17) is 4.74 Å². The van der Waals surface area contributed by atoms with Crippen molar-refractivity contribution in [3.8, 4) is 0 Å². The fourth-order valence-corrected chi connectivity index (χ4v) is 4.39.